The molecule has 2 aromatic heterocycles. The number of pyridine rings is 2. The van der Waals surface area contributed by atoms with E-state index in [-0.39, 0.29) is 0 Å². The third kappa shape index (κ3) is 1.26. The van der Waals surface area contributed by atoms with E-state index in [1.165, 1.54) is 10.9 Å². The van der Waals surface area contributed by atoms with Crippen LogP contribution in [0.4, 0.5) is 0 Å². The highest BCUT2D eigenvalue weighted by Crippen LogP contribution is 2.20. The Hall–Kier alpha value is -1.96. The van der Waals surface area contributed by atoms with Crippen molar-refractivity contribution in [3.05, 3.63) is 48.2 Å². The third-order valence-corrected chi connectivity index (χ3v) is 2.61. The smallest absolute Gasteiger partial charge is 0.159 e. The lowest BCUT2D eigenvalue weighted by Gasteiger charge is -2.02. The van der Waals surface area contributed by atoms with E-state index < -0.39 is 0 Å². The van der Waals surface area contributed by atoms with Gasteiger partial charge in [0.05, 0.1) is 5.52 Å². The van der Waals surface area contributed by atoms with Crippen LogP contribution in [0.5, 0.6) is 0 Å². The fourth-order valence-electron chi connectivity index (χ4n) is 1.84. The molecule has 0 amide bonds. The van der Waals surface area contributed by atoms with Gasteiger partial charge in [-0.05, 0) is 30.7 Å². The van der Waals surface area contributed by atoms with Crippen LogP contribution < -0.4 is 0 Å². The van der Waals surface area contributed by atoms with Gasteiger partial charge in [-0.1, -0.05) is 18.2 Å². The van der Waals surface area contributed by atoms with Crippen molar-refractivity contribution in [1.29, 1.82) is 0 Å². The molecule has 1 aromatic carbocycles. The van der Waals surface area contributed by atoms with E-state index >= 15 is 0 Å². The number of rotatable bonds is 0. The van der Waals surface area contributed by atoms with Crippen LogP contribution in [-0.2, 0) is 0 Å². The van der Waals surface area contributed by atoms with Gasteiger partial charge in [0.2, 0.25) is 0 Å². The monoisotopic (exact) mass is 194 g/mol. The molecule has 72 valence electrons. The minimum atomic E-state index is 0.819. The summed E-state index contributed by atoms with van der Waals surface area (Å²) in [5, 5.41) is 2.27. The number of benzene rings is 1. The number of para-hydroxylation sites is 1. The lowest BCUT2D eigenvalue weighted by atomic mass is 10.1. The predicted molar refractivity (Wildman–Crippen MR) is 61.8 cm³/mol. The average molecular weight is 194 g/mol. The van der Waals surface area contributed by atoms with Crippen molar-refractivity contribution in [3.8, 4) is 0 Å². The number of fused-ring (bicyclic) bond motifs is 2. The molecule has 0 unspecified atom stereocenters. The number of nitrogens with zero attached hydrogens (tertiary/aromatic N) is 2. The maximum Gasteiger partial charge on any atom is 0.159 e. The van der Waals surface area contributed by atoms with E-state index in [2.05, 4.69) is 41.2 Å². The van der Waals surface area contributed by atoms with Crippen LogP contribution in [-0.4, -0.2) is 9.97 Å². The molecular formula is C13H10N2. The zero-order chi connectivity index (χ0) is 10.3. The summed E-state index contributed by atoms with van der Waals surface area (Å²) >= 11 is 0. The first-order chi connectivity index (χ1) is 7.34. The summed E-state index contributed by atoms with van der Waals surface area (Å²) in [6, 6.07) is 12.3. The minimum Gasteiger partial charge on any atom is -0.237 e. The van der Waals surface area contributed by atoms with Gasteiger partial charge < -0.3 is 0 Å². The second-order valence-electron chi connectivity index (χ2n) is 3.69. The summed E-state index contributed by atoms with van der Waals surface area (Å²) in [4.78, 5) is 8.83. The van der Waals surface area contributed by atoms with E-state index in [0.717, 1.165) is 16.6 Å². The summed E-state index contributed by atoms with van der Waals surface area (Å²) in [5.74, 6) is 0. The van der Waals surface area contributed by atoms with Crippen molar-refractivity contribution in [2.24, 2.45) is 0 Å². The maximum absolute atomic E-state index is 4.57. The van der Waals surface area contributed by atoms with Gasteiger partial charge in [-0.2, -0.15) is 0 Å². The lowest BCUT2D eigenvalue weighted by Crippen LogP contribution is -1.87. The van der Waals surface area contributed by atoms with E-state index in [0.29, 0.717) is 0 Å². The molecule has 0 N–H and O–H groups in total. The molecule has 3 rings (SSSR count). The van der Waals surface area contributed by atoms with Crippen molar-refractivity contribution in [3.63, 3.8) is 0 Å². The molecule has 0 aliphatic heterocycles. The van der Waals surface area contributed by atoms with E-state index in [1.54, 1.807) is 6.20 Å². The summed E-state index contributed by atoms with van der Waals surface area (Å²) in [5.41, 5.74) is 3.06. The number of aryl methyl sites for hydroxylation is 1. The van der Waals surface area contributed by atoms with Crippen molar-refractivity contribution in [1.82, 2.24) is 9.97 Å². The van der Waals surface area contributed by atoms with Gasteiger partial charge in [0.25, 0.3) is 0 Å². The van der Waals surface area contributed by atoms with Gasteiger partial charge in [0, 0.05) is 17.0 Å². The molecule has 0 bridgehead atoms. The molecule has 0 aliphatic rings. The van der Waals surface area contributed by atoms with Gasteiger partial charge in [-0.25, -0.2) is 9.97 Å². The van der Waals surface area contributed by atoms with Gasteiger partial charge in [0.1, 0.15) is 0 Å². The lowest BCUT2D eigenvalue weighted by molar-refractivity contribution is 1.31. The number of hydrogen-bond donors (Lipinski definition) is 0. The summed E-state index contributed by atoms with van der Waals surface area (Å²) < 4.78 is 0. The zero-order valence-corrected chi connectivity index (χ0v) is 8.44. The molecular weight excluding hydrogens is 184 g/mol. The largest absolute Gasteiger partial charge is 0.237 e. The Labute approximate surface area is 87.6 Å². The molecule has 0 radical (unpaired) electrons. The minimum absolute atomic E-state index is 0.819. The molecule has 0 fully saturated rings. The van der Waals surface area contributed by atoms with Gasteiger partial charge in [0.15, 0.2) is 5.65 Å². The van der Waals surface area contributed by atoms with Crippen LogP contribution in [0.15, 0.2) is 42.6 Å². The molecule has 0 aliphatic carbocycles. The number of aromatic nitrogens is 2. The Bertz CT molecular complexity index is 644. The first-order valence-corrected chi connectivity index (χ1v) is 4.96. The van der Waals surface area contributed by atoms with Gasteiger partial charge in [-0.3, -0.25) is 0 Å². The van der Waals surface area contributed by atoms with Gasteiger partial charge in [-0.15, -0.1) is 0 Å². The molecule has 0 saturated heterocycles. The second kappa shape index (κ2) is 3.02. The Balaban J connectivity index is 2.53. The molecule has 0 spiro atoms. The molecule has 3 aromatic rings. The van der Waals surface area contributed by atoms with Crippen LogP contribution in [0.3, 0.4) is 0 Å². The zero-order valence-electron chi connectivity index (χ0n) is 8.44. The Morgan fingerprint density at radius 1 is 1.00 bits per heavy atom. The average Bonchev–Trinajstić information content (AvgIpc) is 2.27. The Morgan fingerprint density at radius 2 is 1.87 bits per heavy atom. The highest BCUT2D eigenvalue weighted by Gasteiger charge is 2.01. The van der Waals surface area contributed by atoms with Gasteiger partial charge >= 0.3 is 0 Å². The Morgan fingerprint density at radius 3 is 2.80 bits per heavy atom. The normalized spacial score (nSPS) is 11.0. The van der Waals surface area contributed by atoms with Crippen LogP contribution in [0.2, 0.25) is 0 Å². The number of hydrogen-bond acceptors (Lipinski definition) is 2. The van der Waals surface area contributed by atoms with Crippen molar-refractivity contribution < 1.29 is 0 Å². The van der Waals surface area contributed by atoms with Crippen LogP contribution >= 0.6 is 0 Å². The molecule has 0 atom stereocenters. The molecule has 2 nitrogen and oxygen atoms in total. The van der Waals surface area contributed by atoms with Crippen molar-refractivity contribution in [2.45, 2.75) is 6.92 Å². The topological polar surface area (TPSA) is 25.8 Å². The van der Waals surface area contributed by atoms with Crippen LogP contribution in [0.1, 0.15) is 5.56 Å². The first kappa shape index (κ1) is 8.36. The van der Waals surface area contributed by atoms with Crippen molar-refractivity contribution in [2.75, 3.05) is 0 Å². The van der Waals surface area contributed by atoms with E-state index in [1.807, 2.05) is 12.1 Å². The highest BCUT2D eigenvalue weighted by atomic mass is 14.8. The first-order valence-electron chi connectivity index (χ1n) is 4.96. The van der Waals surface area contributed by atoms with Crippen LogP contribution in [0.25, 0.3) is 21.9 Å². The van der Waals surface area contributed by atoms with E-state index in [4.69, 9.17) is 0 Å². The molecule has 2 heteroatoms. The summed E-state index contributed by atoms with van der Waals surface area (Å²) in [6.07, 6.45) is 1.78. The summed E-state index contributed by atoms with van der Waals surface area (Å²) in [7, 11) is 0. The summed E-state index contributed by atoms with van der Waals surface area (Å²) in [6.45, 7) is 2.07. The predicted octanol–water partition coefficient (Wildman–Crippen LogP) is 3.09. The second-order valence-corrected chi connectivity index (χ2v) is 3.69. The highest BCUT2D eigenvalue weighted by molar-refractivity contribution is 5.92. The maximum atomic E-state index is 4.57. The fourth-order valence-corrected chi connectivity index (χ4v) is 1.84. The van der Waals surface area contributed by atoms with Crippen LogP contribution in [0, 0.1) is 6.92 Å². The van der Waals surface area contributed by atoms with E-state index in [9.17, 15) is 0 Å². The molecule has 2 heterocycles. The third-order valence-electron chi connectivity index (χ3n) is 2.61. The standard InChI is InChI=1S/C13H10N2/c1-9-4-2-5-10-8-11-6-3-7-14-13(11)15-12(9)10/h2-8H,1H3. The quantitative estimate of drug-likeness (QED) is 0.514. The fraction of sp³-hybridized carbons (Fsp3) is 0.0769. The molecule has 0 saturated carbocycles. The molecule has 15 heavy (non-hydrogen) atoms. The SMILES string of the molecule is Cc1cccc2cc3cccnc3nc12. The van der Waals surface area contributed by atoms with Crippen molar-refractivity contribution >= 4 is 21.9 Å². The Kier molecular flexibility index (Phi) is 1.68.